The van der Waals surface area contributed by atoms with Crippen LogP contribution >= 0.6 is 33.3 Å². The van der Waals surface area contributed by atoms with Crippen LogP contribution in [0.5, 0.6) is 0 Å². The van der Waals surface area contributed by atoms with Crippen LogP contribution in [-0.4, -0.2) is 15.1 Å². The summed E-state index contributed by atoms with van der Waals surface area (Å²) >= 11 is 0. The highest BCUT2D eigenvalue weighted by molar-refractivity contribution is 8.59. The molecule has 4 atom stereocenters. The minimum Gasteiger partial charge on any atom is -0.399 e. The molecule has 0 aliphatic rings. The van der Waals surface area contributed by atoms with E-state index in [1.807, 2.05) is 0 Å². The number of benzene rings is 1. The lowest BCUT2D eigenvalue weighted by Gasteiger charge is -2.11. The van der Waals surface area contributed by atoms with Gasteiger partial charge in [0.15, 0.2) is 0 Å². The second kappa shape index (κ2) is 7.26. The van der Waals surface area contributed by atoms with Gasteiger partial charge in [0.2, 0.25) is 10.0 Å². The summed E-state index contributed by atoms with van der Waals surface area (Å²) in [6, 6.07) is 6.00. The van der Waals surface area contributed by atoms with Gasteiger partial charge in [-0.15, -0.1) is 8.93 Å². The van der Waals surface area contributed by atoms with Crippen molar-refractivity contribution in [3.8, 4) is 0 Å². The van der Waals surface area contributed by atoms with Crippen LogP contribution in [0.25, 0.3) is 0 Å². The van der Waals surface area contributed by atoms with E-state index >= 15 is 0 Å². The van der Waals surface area contributed by atoms with Gasteiger partial charge in [0.05, 0.1) is 12.4 Å². The molecule has 96 valence electrons. The van der Waals surface area contributed by atoms with Crippen molar-refractivity contribution in [1.29, 1.82) is 0 Å². The molecular formula is C7H14N2O3P4S. The second-order valence-electron chi connectivity index (χ2n) is 2.95. The highest BCUT2D eigenvalue weighted by atomic mass is 32.6. The minimum absolute atomic E-state index is 0.0245. The van der Waals surface area contributed by atoms with E-state index in [1.165, 1.54) is 12.1 Å². The molecule has 0 heterocycles. The highest BCUT2D eigenvalue weighted by Gasteiger charge is 2.13. The molecule has 0 saturated heterocycles. The van der Waals surface area contributed by atoms with Crippen LogP contribution in [0.15, 0.2) is 29.2 Å². The lowest BCUT2D eigenvalue weighted by Crippen LogP contribution is -2.25. The first kappa shape index (κ1) is 15.7. The predicted octanol–water partition coefficient (Wildman–Crippen LogP) is 2.09. The quantitative estimate of drug-likeness (QED) is 0.475. The van der Waals surface area contributed by atoms with Crippen LogP contribution in [0.2, 0.25) is 0 Å². The monoisotopic (exact) mass is 330 g/mol. The van der Waals surface area contributed by atoms with Gasteiger partial charge in [0.1, 0.15) is 6.73 Å². The molecule has 3 N–H and O–H groups in total. The summed E-state index contributed by atoms with van der Waals surface area (Å²) in [7, 11) is 1.51. The Hall–Kier alpha value is 0.610. The van der Waals surface area contributed by atoms with Crippen molar-refractivity contribution >= 4 is 49.1 Å². The molecule has 0 aliphatic heterocycles. The molecule has 0 fully saturated rings. The standard InChI is InChI=1S/C7H14N2O3P4S/c8-6-1-3-7(4-2-6)17(10,11)9-5-12-16(14)15-13/h1-4,9,15H,5,8,13-14H2. The average Bonchev–Trinajstić information content (AvgIpc) is 2.29. The molecule has 0 radical (unpaired) electrons. The third-order valence-electron chi connectivity index (χ3n) is 1.77. The van der Waals surface area contributed by atoms with E-state index in [-0.39, 0.29) is 11.6 Å². The predicted molar refractivity (Wildman–Crippen MR) is 81.8 cm³/mol. The van der Waals surface area contributed by atoms with Crippen molar-refractivity contribution < 1.29 is 12.9 Å². The van der Waals surface area contributed by atoms with Crippen molar-refractivity contribution in [2.45, 2.75) is 4.90 Å². The van der Waals surface area contributed by atoms with Crippen molar-refractivity contribution in [1.82, 2.24) is 4.72 Å². The van der Waals surface area contributed by atoms with Crippen LogP contribution in [0.3, 0.4) is 0 Å². The maximum Gasteiger partial charge on any atom is 0.242 e. The first-order valence-electron chi connectivity index (χ1n) is 4.45. The first-order valence-corrected chi connectivity index (χ1v) is 12.5. The SMILES string of the molecule is Nc1ccc(S(=O)(=O)NCOP(P)PP)cc1. The van der Waals surface area contributed by atoms with E-state index in [1.54, 1.807) is 12.1 Å². The van der Waals surface area contributed by atoms with Crippen molar-refractivity contribution in [3.05, 3.63) is 24.3 Å². The molecule has 0 spiro atoms. The van der Waals surface area contributed by atoms with Crippen LogP contribution in [0, 0.1) is 0 Å². The van der Waals surface area contributed by atoms with Crippen LogP contribution < -0.4 is 10.5 Å². The van der Waals surface area contributed by atoms with E-state index < -0.39 is 17.5 Å². The molecule has 0 amide bonds. The largest absolute Gasteiger partial charge is 0.399 e. The Morgan fingerprint density at radius 3 is 2.53 bits per heavy atom. The minimum atomic E-state index is -3.51. The van der Waals surface area contributed by atoms with E-state index in [4.69, 9.17) is 10.3 Å². The average molecular weight is 330 g/mol. The first-order chi connectivity index (χ1) is 7.95. The fourth-order valence-corrected chi connectivity index (χ4v) is 3.49. The Morgan fingerprint density at radius 1 is 1.41 bits per heavy atom. The summed E-state index contributed by atoms with van der Waals surface area (Å²) in [5.74, 6) is 0. The zero-order valence-corrected chi connectivity index (χ0v) is 13.8. The summed E-state index contributed by atoms with van der Waals surface area (Å²) in [6.45, 7) is -0.0245. The molecule has 4 unspecified atom stereocenters. The number of nitrogen functional groups attached to an aromatic ring is 1. The normalized spacial score (nSPS) is 14.2. The molecule has 1 rings (SSSR count). The van der Waals surface area contributed by atoms with Gasteiger partial charge in [-0.3, -0.25) is 0 Å². The zero-order chi connectivity index (χ0) is 12.9. The van der Waals surface area contributed by atoms with Crippen molar-refractivity contribution in [2.24, 2.45) is 0 Å². The number of anilines is 1. The Morgan fingerprint density at radius 2 is 2.00 bits per heavy atom. The second-order valence-corrected chi connectivity index (χ2v) is 13.3. The lowest BCUT2D eigenvalue weighted by atomic mass is 10.3. The lowest BCUT2D eigenvalue weighted by molar-refractivity contribution is 0.358. The fraction of sp³-hybridized carbons (Fsp3) is 0.143. The van der Waals surface area contributed by atoms with Gasteiger partial charge < -0.3 is 10.3 Å². The number of nitrogens with one attached hydrogen (secondary N) is 1. The fourth-order valence-electron chi connectivity index (χ4n) is 0.941. The van der Waals surface area contributed by atoms with Gasteiger partial charge in [0, 0.05) is 5.69 Å². The van der Waals surface area contributed by atoms with Gasteiger partial charge in [-0.05, 0) is 32.2 Å². The molecule has 0 aliphatic carbocycles. The number of hydrogen-bond donors (Lipinski definition) is 2. The van der Waals surface area contributed by atoms with Crippen molar-refractivity contribution in [2.75, 3.05) is 12.5 Å². The smallest absolute Gasteiger partial charge is 0.242 e. The maximum atomic E-state index is 11.8. The van der Waals surface area contributed by atoms with Gasteiger partial charge in [-0.25, -0.2) is 8.42 Å². The van der Waals surface area contributed by atoms with Gasteiger partial charge in [0.25, 0.3) is 0 Å². The summed E-state index contributed by atoms with van der Waals surface area (Å²) < 4.78 is 31.2. The van der Waals surface area contributed by atoms with Gasteiger partial charge in [-0.2, -0.15) is 4.72 Å². The summed E-state index contributed by atoms with van der Waals surface area (Å²) in [5, 5.41) is 0. The molecule has 1 aromatic carbocycles. The van der Waals surface area contributed by atoms with Crippen LogP contribution in [0.1, 0.15) is 0 Å². The van der Waals surface area contributed by atoms with E-state index in [0.717, 1.165) is 0 Å². The number of rotatable bonds is 6. The third kappa shape index (κ3) is 5.41. The van der Waals surface area contributed by atoms with E-state index in [9.17, 15) is 8.42 Å². The molecule has 17 heavy (non-hydrogen) atoms. The van der Waals surface area contributed by atoms with E-state index in [2.05, 4.69) is 22.6 Å². The summed E-state index contributed by atoms with van der Waals surface area (Å²) in [6.07, 6.45) is 0. The third-order valence-corrected chi connectivity index (χ3v) is 11.7. The van der Waals surface area contributed by atoms with Crippen LogP contribution in [0.4, 0.5) is 5.69 Å². The molecule has 5 nitrogen and oxygen atoms in total. The molecule has 10 heteroatoms. The van der Waals surface area contributed by atoms with E-state index in [0.29, 0.717) is 13.6 Å². The Balaban J connectivity index is 2.60. The van der Waals surface area contributed by atoms with Crippen molar-refractivity contribution in [3.63, 3.8) is 0 Å². The molecule has 0 aromatic heterocycles. The Kier molecular flexibility index (Phi) is 6.69. The molecule has 0 bridgehead atoms. The zero-order valence-electron chi connectivity index (χ0n) is 8.83. The van der Waals surface area contributed by atoms with Gasteiger partial charge >= 0.3 is 0 Å². The number of hydrogen-bond acceptors (Lipinski definition) is 4. The van der Waals surface area contributed by atoms with Crippen LogP contribution in [-0.2, 0) is 14.5 Å². The summed E-state index contributed by atoms with van der Waals surface area (Å²) in [5.41, 5.74) is 6.01. The number of nitrogens with two attached hydrogens (primary N) is 1. The highest BCUT2D eigenvalue weighted by Crippen LogP contribution is 2.66. The maximum absolute atomic E-state index is 11.8. The Bertz CT molecular complexity index is 453. The molecular weight excluding hydrogens is 316 g/mol. The Labute approximate surface area is 108 Å². The molecule has 1 aromatic rings. The number of sulfonamides is 1. The topological polar surface area (TPSA) is 81.4 Å². The van der Waals surface area contributed by atoms with Gasteiger partial charge in [-0.1, -0.05) is 8.93 Å². The molecule has 0 saturated carbocycles. The summed E-state index contributed by atoms with van der Waals surface area (Å²) in [4.78, 5) is 0.178.